The van der Waals surface area contributed by atoms with Crippen molar-refractivity contribution in [1.29, 1.82) is 0 Å². The highest BCUT2D eigenvalue weighted by Gasteiger charge is 2.52. The average Bonchev–Trinajstić information content (AvgIpc) is 2.98. The Morgan fingerprint density at radius 2 is 1.80 bits per heavy atom. The molecule has 0 radical (unpaired) electrons. The predicted octanol–water partition coefficient (Wildman–Crippen LogP) is 3.96. The second-order valence-corrected chi connectivity index (χ2v) is 7.40. The summed E-state index contributed by atoms with van der Waals surface area (Å²) < 4.78 is 13.4. The first kappa shape index (κ1) is 21.5. The Hall–Kier alpha value is -3.22. The van der Waals surface area contributed by atoms with Gasteiger partial charge in [0.25, 0.3) is 5.91 Å². The number of benzene rings is 2. The highest BCUT2D eigenvalue weighted by atomic mass is 19.1. The molecule has 1 fully saturated rings. The Morgan fingerprint density at radius 3 is 2.47 bits per heavy atom. The number of halogens is 1. The maximum atomic E-state index is 13.4. The maximum Gasteiger partial charge on any atom is 0.325 e. The van der Waals surface area contributed by atoms with Crippen molar-refractivity contribution >= 4 is 23.5 Å². The van der Waals surface area contributed by atoms with E-state index in [1.807, 2.05) is 32.0 Å². The molecule has 1 saturated heterocycles. The molecule has 1 aliphatic heterocycles. The van der Waals surface area contributed by atoms with Crippen molar-refractivity contribution in [2.24, 2.45) is 0 Å². The Bertz CT molecular complexity index is 945. The SMILES string of the molecule is CCCCC1(c2ccc(F)cc2)NC(=O)N(CC(=O)Nc2ccccc2CC)C1=O. The lowest BCUT2D eigenvalue weighted by molar-refractivity contribution is -0.134. The Kier molecular flexibility index (Phi) is 6.50. The van der Waals surface area contributed by atoms with Crippen LogP contribution in [0.1, 0.15) is 44.2 Å². The topological polar surface area (TPSA) is 78.5 Å². The van der Waals surface area contributed by atoms with E-state index >= 15 is 0 Å². The van der Waals surface area contributed by atoms with E-state index in [0.717, 1.165) is 23.3 Å². The van der Waals surface area contributed by atoms with E-state index < -0.39 is 35.7 Å². The van der Waals surface area contributed by atoms with Gasteiger partial charge in [0.2, 0.25) is 5.91 Å². The fourth-order valence-corrected chi connectivity index (χ4v) is 3.74. The van der Waals surface area contributed by atoms with E-state index in [0.29, 0.717) is 24.1 Å². The number of unbranched alkanes of at least 4 members (excludes halogenated alkanes) is 1. The predicted molar refractivity (Wildman–Crippen MR) is 112 cm³/mol. The van der Waals surface area contributed by atoms with E-state index in [4.69, 9.17) is 0 Å². The smallest absolute Gasteiger partial charge is 0.324 e. The number of urea groups is 1. The molecular formula is C23H26FN3O3. The first-order chi connectivity index (χ1) is 14.4. The molecule has 158 valence electrons. The number of rotatable bonds is 8. The number of carbonyl (C=O) groups excluding carboxylic acids is 3. The average molecular weight is 411 g/mol. The van der Waals surface area contributed by atoms with Crippen LogP contribution >= 0.6 is 0 Å². The molecule has 1 atom stereocenters. The van der Waals surface area contributed by atoms with Gasteiger partial charge in [-0.25, -0.2) is 9.18 Å². The second-order valence-electron chi connectivity index (χ2n) is 7.40. The number of hydrogen-bond donors (Lipinski definition) is 2. The van der Waals surface area contributed by atoms with E-state index in [1.165, 1.54) is 24.3 Å². The van der Waals surface area contributed by atoms with E-state index in [1.54, 1.807) is 6.07 Å². The number of imide groups is 1. The van der Waals surface area contributed by atoms with Crippen LogP contribution in [-0.2, 0) is 21.5 Å². The van der Waals surface area contributed by atoms with Crippen LogP contribution in [0.15, 0.2) is 48.5 Å². The zero-order valence-electron chi connectivity index (χ0n) is 17.2. The summed E-state index contributed by atoms with van der Waals surface area (Å²) in [4.78, 5) is 39.5. The standard InChI is InChI=1S/C23H26FN3O3/c1-3-5-14-23(17-10-12-18(24)13-11-17)21(29)27(22(30)26-23)15-20(28)25-19-9-7-6-8-16(19)4-2/h6-13H,3-5,14-15H2,1-2H3,(H,25,28)(H,26,30). The van der Waals surface area contributed by atoms with Crippen molar-refractivity contribution in [3.63, 3.8) is 0 Å². The molecule has 4 amide bonds. The molecule has 2 aromatic carbocycles. The fraction of sp³-hybridized carbons (Fsp3) is 0.348. The van der Waals surface area contributed by atoms with Gasteiger partial charge in [-0.1, -0.05) is 57.0 Å². The summed E-state index contributed by atoms with van der Waals surface area (Å²) in [6.07, 6.45) is 2.62. The number of nitrogens with zero attached hydrogens (tertiary/aromatic N) is 1. The summed E-state index contributed by atoms with van der Waals surface area (Å²) in [5.74, 6) is -1.37. The van der Waals surface area contributed by atoms with Crippen LogP contribution in [0, 0.1) is 5.82 Å². The van der Waals surface area contributed by atoms with Gasteiger partial charge in [-0.15, -0.1) is 0 Å². The lowest BCUT2D eigenvalue weighted by Crippen LogP contribution is -2.44. The number of anilines is 1. The third-order valence-corrected chi connectivity index (χ3v) is 5.39. The van der Waals surface area contributed by atoms with Gasteiger partial charge in [0.1, 0.15) is 17.9 Å². The van der Waals surface area contributed by atoms with Crippen molar-refractivity contribution in [1.82, 2.24) is 10.2 Å². The molecule has 2 N–H and O–H groups in total. The molecule has 0 aliphatic carbocycles. The van der Waals surface area contributed by atoms with Crippen LogP contribution in [0.5, 0.6) is 0 Å². The van der Waals surface area contributed by atoms with Gasteiger partial charge in [0.15, 0.2) is 0 Å². The van der Waals surface area contributed by atoms with Gasteiger partial charge in [-0.2, -0.15) is 0 Å². The Labute approximate surface area is 175 Å². The number of nitrogens with one attached hydrogen (secondary N) is 2. The molecule has 6 nitrogen and oxygen atoms in total. The molecule has 7 heteroatoms. The van der Waals surface area contributed by atoms with Crippen LogP contribution in [0.25, 0.3) is 0 Å². The maximum absolute atomic E-state index is 13.4. The number of carbonyl (C=O) groups is 3. The highest BCUT2D eigenvalue weighted by Crippen LogP contribution is 2.34. The van der Waals surface area contributed by atoms with Crippen LogP contribution in [-0.4, -0.2) is 29.3 Å². The van der Waals surface area contributed by atoms with Crippen LogP contribution in [0.2, 0.25) is 0 Å². The summed E-state index contributed by atoms with van der Waals surface area (Å²) >= 11 is 0. The van der Waals surface area contributed by atoms with E-state index in [9.17, 15) is 18.8 Å². The number of para-hydroxylation sites is 1. The minimum Gasteiger partial charge on any atom is -0.324 e. The minimum absolute atomic E-state index is 0.372. The zero-order valence-corrected chi connectivity index (χ0v) is 17.2. The fourth-order valence-electron chi connectivity index (χ4n) is 3.74. The van der Waals surface area contributed by atoms with Gasteiger partial charge in [0.05, 0.1) is 0 Å². The van der Waals surface area contributed by atoms with Crippen LogP contribution in [0.3, 0.4) is 0 Å². The van der Waals surface area contributed by atoms with Crippen molar-refractivity contribution < 1.29 is 18.8 Å². The zero-order chi connectivity index (χ0) is 21.7. The molecular weight excluding hydrogens is 385 g/mol. The van der Waals surface area contributed by atoms with Gasteiger partial charge < -0.3 is 10.6 Å². The van der Waals surface area contributed by atoms with Crippen molar-refractivity contribution in [2.75, 3.05) is 11.9 Å². The molecule has 0 spiro atoms. The van der Waals surface area contributed by atoms with Gasteiger partial charge >= 0.3 is 6.03 Å². The summed E-state index contributed by atoms with van der Waals surface area (Å²) in [6.45, 7) is 3.57. The lowest BCUT2D eigenvalue weighted by atomic mass is 9.85. The van der Waals surface area contributed by atoms with E-state index in [-0.39, 0.29) is 0 Å². The molecule has 0 bridgehead atoms. The summed E-state index contributed by atoms with van der Waals surface area (Å²) in [5.41, 5.74) is 0.844. The molecule has 0 saturated carbocycles. The molecule has 1 heterocycles. The summed E-state index contributed by atoms with van der Waals surface area (Å²) in [7, 11) is 0. The molecule has 1 aliphatic rings. The summed E-state index contributed by atoms with van der Waals surface area (Å²) in [6, 6.07) is 12.3. The number of aryl methyl sites for hydroxylation is 1. The highest BCUT2D eigenvalue weighted by molar-refractivity contribution is 6.10. The first-order valence-corrected chi connectivity index (χ1v) is 10.2. The Morgan fingerprint density at radius 1 is 1.10 bits per heavy atom. The Balaban J connectivity index is 1.82. The van der Waals surface area contributed by atoms with Gasteiger partial charge in [-0.3, -0.25) is 14.5 Å². The van der Waals surface area contributed by atoms with E-state index in [2.05, 4.69) is 10.6 Å². The van der Waals surface area contributed by atoms with Crippen molar-refractivity contribution in [2.45, 2.75) is 45.1 Å². The quantitative estimate of drug-likeness (QED) is 0.646. The molecule has 3 rings (SSSR count). The van der Waals surface area contributed by atoms with Crippen molar-refractivity contribution in [3.8, 4) is 0 Å². The second kappa shape index (κ2) is 9.07. The monoisotopic (exact) mass is 411 g/mol. The minimum atomic E-state index is -1.29. The third kappa shape index (κ3) is 4.20. The third-order valence-electron chi connectivity index (χ3n) is 5.39. The molecule has 30 heavy (non-hydrogen) atoms. The van der Waals surface area contributed by atoms with Crippen LogP contribution in [0.4, 0.5) is 14.9 Å². The van der Waals surface area contributed by atoms with Crippen LogP contribution < -0.4 is 10.6 Å². The number of amides is 4. The van der Waals surface area contributed by atoms with Gasteiger partial charge in [0, 0.05) is 5.69 Å². The normalized spacial score (nSPS) is 18.4. The first-order valence-electron chi connectivity index (χ1n) is 10.2. The lowest BCUT2D eigenvalue weighted by Gasteiger charge is -2.27. The molecule has 0 aromatic heterocycles. The summed E-state index contributed by atoms with van der Waals surface area (Å²) in [5, 5.41) is 5.55. The largest absolute Gasteiger partial charge is 0.325 e. The molecule has 1 unspecified atom stereocenters. The number of hydrogen-bond acceptors (Lipinski definition) is 3. The molecule has 2 aromatic rings. The van der Waals surface area contributed by atoms with Crippen molar-refractivity contribution in [3.05, 3.63) is 65.5 Å². The van der Waals surface area contributed by atoms with Gasteiger partial charge in [-0.05, 0) is 42.2 Å².